The molecule has 0 radical (unpaired) electrons. The number of β-lactam (4-membered cyclic amide) rings is 1. The summed E-state index contributed by atoms with van der Waals surface area (Å²) in [5, 5.41) is 25.3. The van der Waals surface area contributed by atoms with Crippen LogP contribution in [0.1, 0.15) is 18.7 Å². The molecule has 4 atom stereocenters. The molecule has 36 heavy (non-hydrogen) atoms. The predicted molar refractivity (Wildman–Crippen MR) is 133 cm³/mol. The molecule has 0 saturated carbocycles. The van der Waals surface area contributed by atoms with Gasteiger partial charge in [0.05, 0.1) is 26.7 Å². The average Bonchev–Trinajstić information content (AvgIpc) is 3.45. The van der Waals surface area contributed by atoms with Crippen LogP contribution in [-0.2, 0) is 19.2 Å². The summed E-state index contributed by atoms with van der Waals surface area (Å²) >= 11 is 2.24. The molecule has 4 heterocycles. The van der Waals surface area contributed by atoms with E-state index in [4.69, 9.17) is 10.6 Å². The molecule has 1 unspecified atom stereocenters. The standard InChI is InChI=1S/C21H27N7O6S2/c1-28(8-4-6-12(28)9-29)7-3-5-11-10-35-19-14(18(31)27(19)15(11)20(32)33)23-17(30)13(25-34-2)16-24-21(22)36-26-16/h3,5,12,14,19,29H,4,6-10H2,1-2H3,(H3-,22,23,24,26,30,32,33)/p+1/b5-3+,25-13-/t12-,14+,19-,28?/m0/s1. The number of carbonyl (C=O) groups excluding carboxylic acids is 2. The van der Waals surface area contributed by atoms with Crippen molar-refractivity contribution in [2.45, 2.75) is 30.3 Å². The monoisotopic (exact) mass is 538 g/mol. The average molecular weight is 539 g/mol. The van der Waals surface area contributed by atoms with Crippen LogP contribution in [0, 0.1) is 0 Å². The van der Waals surface area contributed by atoms with Crippen LogP contribution in [0.25, 0.3) is 0 Å². The summed E-state index contributed by atoms with van der Waals surface area (Å²) < 4.78 is 4.64. The molecular weight excluding hydrogens is 510 g/mol. The number of nitrogens with two attached hydrogens (primary N) is 1. The Morgan fingerprint density at radius 1 is 1.44 bits per heavy atom. The third kappa shape index (κ3) is 4.83. The van der Waals surface area contributed by atoms with Crippen molar-refractivity contribution in [3.8, 4) is 0 Å². The van der Waals surface area contributed by atoms with Crippen molar-refractivity contribution < 1.29 is 33.9 Å². The zero-order valence-electron chi connectivity index (χ0n) is 19.8. The van der Waals surface area contributed by atoms with E-state index in [2.05, 4.69) is 26.9 Å². The second-order valence-corrected chi connectivity index (χ2v) is 10.8. The van der Waals surface area contributed by atoms with Crippen molar-refractivity contribution in [1.82, 2.24) is 19.6 Å². The van der Waals surface area contributed by atoms with Gasteiger partial charge in [0.2, 0.25) is 11.5 Å². The smallest absolute Gasteiger partial charge is 0.352 e. The minimum absolute atomic E-state index is 0.0341. The number of nitrogen functional groups attached to an aromatic ring is 1. The molecule has 0 spiro atoms. The van der Waals surface area contributed by atoms with Crippen molar-refractivity contribution in [1.29, 1.82) is 0 Å². The normalized spacial score (nSPS) is 28.3. The van der Waals surface area contributed by atoms with E-state index in [1.165, 1.54) is 23.8 Å². The lowest BCUT2D eigenvalue weighted by Crippen LogP contribution is -2.71. The lowest BCUT2D eigenvalue weighted by atomic mass is 10.0. The number of nitrogens with zero attached hydrogens (tertiary/aromatic N) is 5. The SMILES string of the molecule is CO/N=C(\C(=O)N[C@@H]1C(=O)N2C(C(=O)O)=C(/C=C/C[N+]3(C)CCC[C@H]3CO)CS[C@@H]12)c1nsc(N)n1. The minimum Gasteiger partial charge on any atom is -0.477 e. The van der Waals surface area contributed by atoms with Gasteiger partial charge in [0.25, 0.3) is 11.8 Å². The Balaban J connectivity index is 1.48. The summed E-state index contributed by atoms with van der Waals surface area (Å²) in [5.74, 6) is -2.16. The number of carboxylic acids is 1. The number of thioether (sulfide) groups is 1. The number of quaternary nitrogens is 1. The Bertz CT molecular complexity index is 1150. The van der Waals surface area contributed by atoms with Gasteiger partial charge in [-0.25, -0.2) is 4.79 Å². The van der Waals surface area contributed by atoms with Gasteiger partial charge >= 0.3 is 5.97 Å². The second kappa shape index (κ2) is 10.5. The second-order valence-electron chi connectivity index (χ2n) is 8.89. The molecule has 0 aliphatic carbocycles. The number of aliphatic hydroxyl groups is 1. The van der Waals surface area contributed by atoms with Crippen molar-refractivity contribution in [2.75, 3.05) is 45.3 Å². The molecule has 3 aliphatic rings. The number of aliphatic hydroxyl groups excluding tert-OH is 1. The topological polar surface area (TPSA) is 180 Å². The van der Waals surface area contributed by atoms with E-state index in [9.17, 15) is 24.6 Å². The molecule has 1 aromatic rings. The number of hydrogen-bond acceptors (Lipinski definition) is 11. The Hall–Kier alpha value is -3.01. The molecule has 4 rings (SSSR count). The van der Waals surface area contributed by atoms with Crippen LogP contribution >= 0.6 is 23.3 Å². The van der Waals surface area contributed by atoms with Crippen LogP contribution < -0.4 is 11.1 Å². The molecule has 0 bridgehead atoms. The lowest BCUT2D eigenvalue weighted by Gasteiger charge is -2.49. The van der Waals surface area contributed by atoms with Crippen molar-refractivity contribution in [3.05, 3.63) is 29.2 Å². The number of allylic oxidation sites excluding steroid dienone is 1. The molecule has 2 fully saturated rings. The maximum Gasteiger partial charge on any atom is 0.352 e. The highest BCUT2D eigenvalue weighted by molar-refractivity contribution is 8.00. The van der Waals surface area contributed by atoms with Gasteiger partial charge in [-0.2, -0.15) is 9.36 Å². The zero-order valence-corrected chi connectivity index (χ0v) is 21.4. The maximum atomic E-state index is 13.0. The first-order valence-corrected chi connectivity index (χ1v) is 13.1. The number of hydrogen-bond donors (Lipinski definition) is 4. The fourth-order valence-corrected chi connectivity index (χ4v) is 6.49. The number of amides is 2. The largest absolute Gasteiger partial charge is 0.477 e. The van der Waals surface area contributed by atoms with E-state index in [-0.39, 0.29) is 35.0 Å². The lowest BCUT2D eigenvalue weighted by molar-refractivity contribution is -0.916. The number of anilines is 1. The van der Waals surface area contributed by atoms with E-state index in [0.717, 1.165) is 30.9 Å². The van der Waals surface area contributed by atoms with E-state index in [0.29, 0.717) is 22.4 Å². The number of aromatic nitrogens is 2. The molecule has 15 heteroatoms. The number of oxime groups is 1. The first kappa shape index (κ1) is 26.1. The van der Waals surface area contributed by atoms with Crippen LogP contribution in [0.3, 0.4) is 0 Å². The molecule has 194 valence electrons. The number of likely N-dealkylation sites (N-methyl/N-ethyl adjacent to an activating group) is 1. The van der Waals surface area contributed by atoms with Gasteiger partial charge in [-0.3, -0.25) is 14.5 Å². The van der Waals surface area contributed by atoms with Gasteiger partial charge in [-0.05, 0) is 11.6 Å². The van der Waals surface area contributed by atoms with Gasteiger partial charge in [0.15, 0.2) is 5.13 Å². The molecule has 0 aromatic carbocycles. The summed E-state index contributed by atoms with van der Waals surface area (Å²) in [6.07, 6.45) is 5.66. The van der Waals surface area contributed by atoms with Gasteiger partial charge in [0, 0.05) is 30.1 Å². The Morgan fingerprint density at radius 3 is 2.86 bits per heavy atom. The summed E-state index contributed by atoms with van der Waals surface area (Å²) in [6, 6.07) is -0.781. The third-order valence-electron chi connectivity index (χ3n) is 6.68. The van der Waals surface area contributed by atoms with E-state index in [1.54, 1.807) is 6.08 Å². The zero-order chi connectivity index (χ0) is 26.0. The molecule has 2 amide bonds. The number of nitrogens with one attached hydrogen (secondary N) is 1. The first-order valence-electron chi connectivity index (χ1n) is 11.2. The number of carboxylic acid groups (broad SMARTS) is 1. The van der Waals surface area contributed by atoms with Gasteiger partial charge in [-0.15, -0.1) is 11.8 Å². The quantitative estimate of drug-likeness (QED) is 0.137. The minimum atomic E-state index is -1.21. The first-order chi connectivity index (χ1) is 17.2. The summed E-state index contributed by atoms with van der Waals surface area (Å²) in [6.45, 7) is 1.71. The van der Waals surface area contributed by atoms with Crippen molar-refractivity contribution in [3.63, 3.8) is 0 Å². The van der Waals surface area contributed by atoms with Crippen LogP contribution in [-0.4, -0.2) is 110 Å². The molecule has 5 N–H and O–H groups in total. The Morgan fingerprint density at radius 2 is 2.22 bits per heavy atom. The van der Waals surface area contributed by atoms with Crippen molar-refractivity contribution in [2.24, 2.45) is 5.16 Å². The van der Waals surface area contributed by atoms with Gasteiger partial charge in [-0.1, -0.05) is 11.2 Å². The highest BCUT2D eigenvalue weighted by Crippen LogP contribution is 2.40. The highest BCUT2D eigenvalue weighted by Gasteiger charge is 2.54. The summed E-state index contributed by atoms with van der Waals surface area (Å²) in [5.41, 5.74) is 5.78. The molecular formula is C21H28N7O6S2+. The number of likely N-dealkylation sites (tertiary alicyclic amines) is 1. The van der Waals surface area contributed by atoms with Crippen LogP contribution in [0.15, 0.2) is 28.6 Å². The fourth-order valence-electron chi connectivity index (χ4n) is 4.73. The summed E-state index contributed by atoms with van der Waals surface area (Å²) in [4.78, 5) is 47.7. The Kier molecular flexibility index (Phi) is 7.63. The number of carbonyl (C=O) groups is 3. The molecule has 1 aromatic heterocycles. The highest BCUT2D eigenvalue weighted by atomic mass is 32.2. The van der Waals surface area contributed by atoms with Gasteiger partial charge < -0.3 is 30.6 Å². The van der Waals surface area contributed by atoms with Crippen LogP contribution in [0.2, 0.25) is 0 Å². The van der Waals surface area contributed by atoms with Gasteiger partial charge in [0.1, 0.15) is 30.3 Å². The van der Waals surface area contributed by atoms with E-state index in [1.807, 2.05) is 6.08 Å². The maximum absolute atomic E-state index is 13.0. The molecule has 2 saturated heterocycles. The molecule has 3 aliphatic heterocycles. The molecule has 13 nitrogen and oxygen atoms in total. The van der Waals surface area contributed by atoms with Crippen LogP contribution in [0.4, 0.5) is 5.13 Å². The number of rotatable bonds is 9. The fraction of sp³-hybridized carbons (Fsp3) is 0.524. The third-order valence-corrected chi connectivity index (χ3v) is 8.52. The number of fused-ring (bicyclic) bond motifs is 1. The number of aliphatic carboxylic acids is 1. The predicted octanol–water partition coefficient (Wildman–Crippen LogP) is -0.633. The van der Waals surface area contributed by atoms with E-state index >= 15 is 0 Å². The Labute approximate surface area is 215 Å². The summed E-state index contributed by atoms with van der Waals surface area (Å²) in [7, 11) is 3.34. The van der Waals surface area contributed by atoms with Crippen molar-refractivity contribution >= 4 is 51.9 Å². The van der Waals surface area contributed by atoms with E-state index < -0.39 is 29.2 Å². The van der Waals surface area contributed by atoms with Crippen LogP contribution in [0.5, 0.6) is 0 Å².